The number of fused-ring (bicyclic) bond motifs is 1. The number of piperazine rings is 1. The van der Waals surface area contributed by atoms with Crippen molar-refractivity contribution in [2.24, 2.45) is 0 Å². The Labute approximate surface area is 189 Å². The van der Waals surface area contributed by atoms with Crippen LogP contribution in [0.3, 0.4) is 0 Å². The lowest BCUT2D eigenvalue weighted by atomic mass is 10.0. The first-order valence-electron chi connectivity index (χ1n) is 9.86. The van der Waals surface area contributed by atoms with Gasteiger partial charge >= 0.3 is 5.97 Å². The van der Waals surface area contributed by atoms with Gasteiger partial charge in [0.25, 0.3) is 0 Å². The van der Waals surface area contributed by atoms with Gasteiger partial charge in [-0.15, -0.1) is 0 Å². The summed E-state index contributed by atoms with van der Waals surface area (Å²) < 4.78 is 13.5. The number of ether oxygens (including phenoxy) is 1. The molecule has 1 aliphatic heterocycles. The van der Waals surface area contributed by atoms with Crippen LogP contribution in [0.5, 0.6) is 0 Å². The van der Waals surface area contributed by atoms with Crippen LogP contribution in [-0.4, -0.2) is 70.3 Å². The molecule has 0 spiro atoms. The first-order chi connectivity index (χ1) is 15.0. The molecule has 10 heteroatoms. The van der Waals surface area contributed by atoms with Crippen LogP contribution in [0.4, 0.5) is 5.69 Å². The lowest BCUT2D eigenvalue weighted by Gasteiger charge is -2.38. The van der Waals surface area contributed by atoms with Crippen molar-refractivity contribution in [2.75, 3.05) is 45.2 Å². The van der Waals surface area contributed by atoms with E-state index in [2.05, 4.69) is 23.9 Å². The second-order valence-electron chi connectivity index (χ2n) is 7.28. The maximum atomic E-state index is 12.6. The number of hydrogen-bond acceptors (Lipinski definition) is 8. The maximum absolute atomic E-state index is 12.6. The average Bonchev–Trinajstić information content (AvgIpc) is 3.26. The van der Waals surface area contributed by atoms with E-state index in [0.29, 0.717) is 42.4 Å². The summed E-state index contributed by atoms with van der Waals surface area (Å²) in [6, 6.07) is 12.3. The molecule has 0 aliphatic carbocycles. The molecule has 162 valence electrons. The summed E-state index contributed by atoms with van der Waals surface area (Å²) in [5.74, 6) is -0.408. The van der Waals surface area contributed by atoms with Gasteiger partial charge in [0.15, 0.2) is 0 Å². The Balaban J connectivity index is 1.36. The van der Waals surface area contributed by atoms with Crippen molar-refractivity contribution < 1.29 is 14.3 Å². The molecule has 2 aromatic carbocycles. The fourth-order valence-electron chi connectivity index (χ4n) is 3.73. The van der Waals surface area contributed by atoms with Crippen LogP contribution in [0.25, 0.3) is 11.0 Å². The third-order valence-electron chi connectivity index (χ3n) is 5.31. The number of rotatable bonds is 6. The van der Waals surface area contributed by atoms with Gasteiger partial charge in [0, 0.05) is 31.2 Å². The monoisotopic (exact) mass is 459 g/mol. The molecule has 0 bridgehead atoms. The molecule has 1 amide bonds. The minimum absolute atomic E-state index is 0.101. The zero-order chi connectivity index (χ0) is 21.8. The average molecular weight is 460 g/mol. The normalized spacial score (nSPS) is 16.2. The number of esters is 1. The van der Waals surface area contributed by atoms with Crippen molar-refractivity contribution in [2.45, 2.75) is 6.04 Å². The highest BCUT2D eigenvalue weighted by Crippen LogP contribution is 2.25. The predicted molar refractivity (Wildman–Crippen MR) is 120 cm³/mol. The molecular weight excluding hydrogens is 438 g/mol. The Morgan fingerprint density at radius 2 is 1.87 bits per heavy atom. The van der Waals surface area contributed by atoms with Gasteiger partial charge < -0.3 is 10.1 Å². The summed E-state index contributed by atoms with van der Waals surface area (Å²) in [7, 11) is 1.39. The van der Waals surface area contributed by atoms with Crippen LogP contribution in [0.1, 0.15) is 11.6 Å². The SMILES string of the molecule is COC(=O)C(c1ccc(Cl)cc1)N1CCN(CC(=O)Nc2cccc3nsnc23)CC1. The summed E-state index contributed by atoms with van der Waals surface area (Å²) in [4.78, 5) is 29.2. The number of nitrogens with zero attached hydrogens (tertiary/aromatic N) is 4. The number of carbonyl (C=O) groups is 2. The summed E-state index contributed by atoms with van der Waals surface area (Å²) in [6.07, 6.45) is 0. The minimum Gasteiger partial charge on any atom is -0.468 e. The first-order valence-corrected chi connectivity index (χ1v) is 11.0. The molecule has 1 N–H and O–H groups in total. The lowest BCUT2D eigenvalue weighted by Crippen LogP contribution is -2.51. The van der Waals surface area contributed by atoms with Crippen LogP contribution in [0.15, 0.2) is 42.5 Å². The molecule has 1 aromatic heterocycles. The smallest absolute Gasteiger partial charge is 0.327 e. The van der Waals surface area contributed by atoms with E-state index in [1.807, 2.05) is 30.3 Å². The molecular formula is C21H22ClN5O3S. The predicted octanol–water partition coefficient (Wildman–Crippen LogP) is 2.82. The van der Waals surface area contributed by atoms with Crippen molar-refractivity contribution in [1.82, 2.24) is 18.5 Å². The first kappa shape index (κ1) is 21.6. The van der Waals surface area contributed by atoms with Gasteiger partial charge in [0.05, 0.1) is 31.1 Å². The zero-order valence-electron chi connectivity index (χ0n) is 17.0. The van der Waals surface area contributed by atoms with Crippen molar-refractivity contribution in [3.8, 4) is 0 Å². The molecule has 1 fully saturated rings. The highest BCUT2D eigenvalue weighted by molar-refractivity contribution is 7.00. The maximum Gasteiger partial charge on any atom is 0.327 e. The number of halogens is 1. The van der Waals surface area contributed by atoms with Gasteiger partial charge in [-0.25, -0.2) is 4.79 Å². The second-order valence-corrected chi connectivity index (χ2v) is 8.24. The molecule has 8 nitrogen and oxygen atoms in total. The van der Waals surface area contributed by atoms with Crippen molar-refractivity contribution >= 4 is 51.9 Å². The summed E-state index contributed by atoms with van der Waals surface area (Å²) in [5.41, 5.74) is 2.98. The zero-order valence-corrected chi connectivity index (χ0v) is 18.5. The minimum atomic E-state index is -0.493. The molecule has 1 saturated heterocycles. The quantitative estimate of drug-likeness (QED) is 0.567. The van der Waals surface area contributed by atoms with Crippen molar-refractivity contribution in [3.63, 3.8) is 0 Å². The van der Waals surface area contributed by atoms with Gasteiger partial charge in [-0.3, -0.25) is 14.6 Å². The van der Waals surface area contributed by atoms with E-state index in [1.165, 1.54) is 7.11 Å². The summed E-state index contributed by atoms with van der Waals surface area (Å²) >= 11 is 7.11. The molecule has 1 atom stereocenters. The van der Waals surface area contributed by atoms with E-state index in [-0.39, 0.29) is 18.4 Å². The topological polar surface area (TPSA) is 87.7 Å². The molecule has 3 aromatic rings. The fourth-order valence-corrected chi connectivity index (χ4v) is 4.41. The van der Waals surface area contributed by atoms with E-state index in [0.717, 1.165) is 22.8 Å². The standard InChI is InChI=1S/C21H22ClN5O3S/c1-30-21(29)20(14-5-7-15(22)8-6-14)27-11-9-26(10-12-27)13-18(28)23-16-3-2-4-17-19(16)25-31-24-17/h2-8,20H,9-13H2,1H3,(H,23,28). The second kappa shape index (κ2) is 9.69. The van der Waals surface area contributed by atoms with E-state index in [1.54, 1.807) is 12.1 Å². The molecule has 2 heterocycles. The van der Waals surface area contributed by atoms with Crippen LogP contribution in [0, 0.1) is 0 Å². The molecule has 0 radical (unpaired) electrons. The largest absolute Gasteiger partial charge is 0.468 e. The Bertz CT molecular complexity index is 1070. The van der Waals surface area contributed by atoms with Gasteiger partial charge in [-0.1, -0.05) is 29.8 Å². The van der Waals surface area contributed by atoms with Crippen LogP contribution in [0.2, 0.25) is 5.02 Å². The Kier molecular flexibility index (Phi) is 6.77. The van der Waals surface area contributed by atoms with Crippen molar-refractivity contribution in [1.29, 1.82) is 0 Å². The number of methoxy groups -OCH3 is 1. The number of anilines is 1. The number of hydrogen-bond donors (Lipinski definition) is 1. The number of carbonyl (C=O) groups excluding carboxylic acids is 2. The third-order valence-corrected chi connectivity index (χ3v) is 6.10. The lowest BCUT2D eigenvalue weighted by molar-refractivity contribution is -0.148. The van der Waals surface area contributed by atoms with Gasteiger partial charge in [0.2, 0.25) is 5.91 Å². The number of amides is 1. The number of nitrogens with one attached hydrogen (secondary N) is 1. The van der Waals surface area contributed by atoms with Gasteiger partial charge in [-0.2, -0.15) is 8.75 Å². The fraction of sp³-hybridized carbons (Fsp3) is 0.333. The van der Waals surface area contributed by atoms with Gasteiger partial charge in [-0.05, 0) is 29.8 Å². The summed E-state index contributed by atoms with van der Waals surface area (Å²) in [6.45, 7) is 2.88. The molecule has 1 unspecified atom stereocenters. The van der Waals surface area contributed by atoms with E-state index >= 15 is 0 Å². The summed E-state index contributed by atoms with van der Waals surface area (Å²) in [5, 5.41) is 3.55. The Hall–Kier alpha value is -2.59. The van der Waals surface area contributed by atoms with E-state index in [4.69, 9.17) is 16.3 Å². The number of benzene rings is 2. The molecule has 1 aliphatic rings. The van der Waals surface area contributed by atoms with Crippen LogP contribution in [-0.2, 0) is 14.3 Å². The van der Waals surface area contributed by atoms with Crippen LogP contribution < -0.4 is 5.32 Å². The Morgan fingerprint density at radius 3 is 2.58 bits per heavy atom. The van der Waals surface area contributed by atoms with Crippen molar-refractivity contribution in [3.05, 3.63) is 53.1 Å². The Morgan fingerprint density at radius 1 is 1.13 bits per heavy atom. The highest BCUT2D eigenvalue weighted by Gasteiger charge is 2.31. The van der Waals surface area contributed by atoms with Gasteiger partial charge in [0.1, 0.15) is 17.1 Å². The molecule has 31 heavy (non-hydrogen) atoms. The molecule has 4 rings (SSSR count). The third kappa shape index (κ3) is 5.01. The van der Waals surface area contributed by atoms with E-state index < -0.39 is 6.04 Å². The van der Waals surface area contributed by atoms with Crippen LogP contribution >= 0.6 is 23.3 Å². The highest BCUT2D eigenvalue weighted by atomic mass is 35.5. The van der Waals surface area contributed by atoms with E-state index in [9.17, 15) is 9.59 Å². The number of aromatic nitrogens is 2. The molecule has 0 saturated carbocycles.